The lowest BCUT2D eigenvalue weighted by molar-refractivity contribution is -0.153. The molecule has 0 aromatic carbocycles. The van der Waals surface area contributed by atoms with Crippen molar-refractivity contribution in [2.24, 2.45) is 4.99 Å². The second-order valence-corrected chi connectivity index (χ2v) is 7.47. The van der Waals surface area contributed by atoms with Crippen LogP contribution in [-0.2, 0) is 14.3 Å². The van der Waals surface area contributed by atoms with Gasteiger partial charge in [-0.1, -0.05) is 0 Å². The Balaban J connectivity index is 0.00000625. The van der Waals surface area contributed by atoms with Gasteiger partial charge >= 0.3 is 5.97 Å². The number of esters is 1. The molecule has 2 N–H and O–H groups in total. The maximum absolute atomic E-state index is 11.8. The van der Waals surface area contributed by atoms with E-state index in [1.54, 1.807) is 7.05 Å². The Bertz CT molecular complexity index is 483. The van der Waals surface area contributed by atoms with Crippen molar-refractivity contribution in [3.05, 3.63) is 0 Å². The smallest absolute Gasteiger partial charge is 0.325 e. The molecule has 0 radical (unpaired) electrons. The second-order valence-electron chi connectivity index (χ2n) is 7.47. The number of hydrogen-bond donors (Lipinski definition) is 2. The number of hydrogen-bond acceptors (Lipinski definition) is 5. The molecule has 0 aromatic heterocycles. The number of amides is 1. The number of ether oxygens (including phenoxy) is 1. The lowest BCUT2D eigenvalue weighted by Crippen LogP contribution is -2.54. The molecule has 0 unspecified atom stereocenters. The van der Waals surface area contributed by atoms with Crippen LogP contribution in [0.3, 0.4) is 0 Å². The first-order valence-corrected chi connectivity index (χ1v) is 8.80. The number of carbonyl (C=O) groups is 2. The number of carbonyl (C=O) groups excluding carboxylic acids is 2. The van der Waals surface area contributed by atoms with Crippen LogP contribution < -0.4 is 10.6 Å². The normalized spacial score (nSPS) is 16.1. The summed E-state index contributed by atoms with van der Waals surface area (Å²) >= 11 is 0. The van der Waals surface area contributed by atoms with Crippen molar-refractivity contribution in [1.82, 2.24) is 20.4 Å². The Morgan fingerprint density at radius 3 is 2.19 bits per heavy atom. The molecule has 9 heteroatoms. The quantitative estimate of drug-likeness (QED) is 0.259. The summed E-state index contributed by atoms with van der Waals surface area (Å²) in [5.74, 6) is 0.422. The van der Waals surface area contributed by atoms with E-state index in [4.69, 9.17) is 4.74 Å². The van der Waals surface area contributed by atoms with Crippen LogP contribution in [0.5, 0.6) is 0 Å². The molecule has 0 bridgehead atoms. The standard InChI is InChI=1S/C17H33N5O3.HI/c1-13(2)20-14(23)12-21-7-9-22(10-8-21)16(18-6)19-11-15(24)25-17(3,4)5;/h13H,7-12H2,1-6H3,(H,18,19)(H,20,23);1H. The Labute approximate surface area is 174 Å². The third-order valence-electron chi connectivity index (χ3n) is 3.51. The molecular formula is C17H34IN5O3. The van der Waals surface area contributed by atoms with Gasteiger partial charge in [0.05, 0.1) is 6.54 Å². The predicted octanol–water partition coefficient (Wildman–Crippen LogP) is 0.664. The van der Waals surface area contributed by atoms with Crippen molar-refractivity contribution < 1.29 is 14.3 Å². The van der Waals surface area contributed by atoms with Crippen molar-refractivity contribution >= 4 is 41.8 Å². The maximum Gasteiger partial charge on any atom is 0.325 e. The van der Waals surface area contributed by atoms with Gasteiger partial charge in [-0.2, -0.15) is 0 Å². The molecule has 1 aliphatic heterocycles. The molecule has 1 amide bonds. The van der Waals surface area contributed by atoms with Gasteiger partial charge < -0.3 is 20.3 Å². The molecule has 0 atom stereocenters. The monoisotopic (exact) mass is 483 g/mol. The van der Waals surface area contributed by atoms with Crippen LogP contribution >= 0.6 is 24.0 Å². The molecule has 8 nitrogen and oxygen atoms in total. The fourth-order valence-corrected chi connectivity index (χ4v) is 2.55. The summed E-state index contributed by atoms with van der Waals surface area (Å²) < 4.78 is 5.28. The van der Waals surface area contributed by atoms with E-state index >= 15 is 0 Å². The molecule has 1 heterocycles. The van der Waals surface area contributed by atoms with Gasteiger partial charge in [0.2, 0.25) is 5.91 Å². The average molecular weight is 483 g/mol. The lowest BCUT2D eigenvalue weighted by Gasteiger charge is -2.36. The second kappa shape index (κ2) is 11.6. The van der Waals surface area contributed by atoms with E-state index in [-0.39, 0.29) is 48.4 Å². The van der Waals surface area contributed by atoms with E-state index in [0.717, 1.165) is 26.2 Å². The summed E-state index contributed by atoms with van der Waals surface area (Å²) in [6, 6.07) is 0.157. The Morgan fingerprint density at radius 2 is 1.73 bits per heavy atom. The molecule has 0 aromatic rings. The number of nitrogens with zero attached hydrogens (tertiary/aromatic N) is 3. The highest BCUT2D eigenvalue weighted by molar-refractivity contribution is 14.0. The van der Waals surface area contributed by atoms with Crippen LogP contribution in [0, 0.1) is 0 Å². The number of nitrogens with one attached hydrogen (secondary N) is 2. The number of aliphatic imine (C=N–C) groups is 1. The zero-order valence-corrected chi connectivity index (χ0v) is 19.1. The minimum atomic E-state index is -0.496. The van der Waals surface area contributed by atoms with Gasteiger partial charge in [0.15, 0.2) is 5.96 Å². The molecule has 1 rings (SSSR count). The van der Waals surface area contributed by atoms with Gasteiger partial charge in [0.25, 0.3) is 0 Å². The van der Waals surface area contributed by atoms with Crippen LogP contribution in [0.15, 0.2) is 4.99 Å². The van der Waals surface area contributed by atoms with Crippen LogP contribution in [-0.4, -0.2) is 85.6 Å². The maximum atomic E-state index is 11.8. The third kappa shape index (κ3) is 10.1. The summed E-state index contributed by atoms with van der Waals surface area (Å²) in [6.07, 6.45) is 0. The lowest BCUT2D eigenvalue weighted by atomic mass is 10.2. The van der Waals surface area contributed by atoms with Gasteiger partial charge in [-0.15, -0.1) is 24.0 Å². The molecule has 0 spiro atoms. The van der Waals surface area contributed by atoms with Crippen LogP contribution in [0.1, 0.15) is 34.6 Å². The van der Waals surface area contributed by atoms with Gasteiger partial charge in [-0.05, 0) is 34.6 Å². The van der Waals surface area contributed by atoms with Crippen LogP contribution in [0.4, 0.5) is 0 Å². The number of guanidine groups is 1. The Morgan fingerprint density at radius 1 is 1.15 bits per heavy atom. The van der Waals surface area contributed by atoms with Crippen molar-refractivity contribution in [3.8, 4) is 0 Å². The fourth-order valence-electron chi connectivity index (χ4n) is 2.55. The molecule has 26 heavy (non-hydrogen) atoms. The molecule has 0 aliphatic carbocycles. The predicted molar refractivity (Wildman–Crippen MR) is 114 cm³/mol. The first kappa shape index (κ1) is 24.9. The zero-order chi connectivity index (χ0) is 19.0. The van der Waals surface area contributed by atoms with Gasteiger partial charge in [0.1, 0.15) is 12.1 Å². The SMILES string of the molecule is CN=C(NCC(=O)OC(C)(C)C)N1CCN(CC(=O)NC(C)C)CC1.I. The molecule has 1 fully saturated rings. The number of piperazine rings is 1. The van der Waals surface area contributed by atoms with Crippen LogP contribution in [0.25, 0.3) is 0 Å². The van der Waals surface area contributed by atoms with Crippen molar-refractivity contribution in [1.29, 1.82) is 0 Å². The van der Waals surface area contributed by atoms with Gasteiger partial charge in [0, 0.05) is 39.3 Å². The Kier molecular flexibility index (Phi) is 11.1. The minimum absolute atomic E-state index is 0. The molecule has 1 aliphatic rings. The van der Waals surface area contributed by atoms with Crippen molar-refractivity contribution in [2.45, 2.75) is 46.3 Å². The van der Waals surface area contributed by atoms with Crippen LogP contribution in [0.2, 0.25) is 0 Å². The van der Waals surface area contributed by atoms with E-state index in [9.17, 15) is 9.59 Å². The highest BCUT2D eigenvalue weighted by atomic mass is 127. The summed E-state index contributed by atoms with van der Waals surface area (Å²) in [5.41, 5.74) is -0.496. The third-order valence-corrected chi connectivity index (χ3v) is 3.51. The zero-order valence-electron chi connectivity index (χ0n) is 16.8. The number of halogens is 1. The molecular weight excluding hydrogens is 449 g/mol. The largest absolute Gasteiger partial charge is 0.459 e. The first-order chi connectivity index (χ1) is 11.6. The van der Waals surface area contributed by atoms with Gasteiger partial charge in [-0.3, -0.25) is 19.5 Å². The topological polar surface area (TPSA) is 86.3 Å². The number of rotatable bonds is 5. The summed E-state index contributed by atoms with van der Waals surface area (Å²) in [6.45, 7) is 13.0. The molecule has 1 saturated heterocycles. The highest BCUT2D eigenvalue weighted by Gasteiger charge is 2.22. The minimum Gasteiger partial charge on any atom is -0.459 e. The van der Waals surface area contributed by atoms with Gasteiger partial charge in [-0.25, -0.2) is 0 Å². The van der Waals surface area contributed by atoms with E-state index in [1.165, 1.54) is 0 Å². The van der Waals surface area contributed by atoms with E-state index in [0.29, 0.717) is 12.5 Å². The first-order valence-electron chi connectivity index (χ1n) is 8.80. The van der Waals surface area contributed by atoms with Crippen molar-refractivity contribution in [2.75, 3.05) is 46.3 Å². The highest BCUT2D eigenvalue weighted by Crippen LogP contribution is 2.06. The van der Waals surface area contributed by atoms with E-state index in [1.807, 2.05) is 34.6 Å². The summed E-state index contributed by atoms with van der Waals surface area (Å²) in [7, 11) is 1.69. The summed E-state index contributed by atoms with van der Waals surface area (Å²) in [4.78, 5) is 32.1. The van der Waals surface area contributed by atoms with E-state index < -0.39 is 5.60 Å². The summed E-state index contributed by atoms with van der Waals surface area (Å²) in [5, 5.41) is 5.95. The average Bonchev–Trinajstić information content (AvgIpc) is 2.46. The van der Waals surface area contributed by atoms with E-state index in [2.05, 4.69) is 25.4 Å². The Hall–Kier alpha value is -1.10. The fraction of sp³-hybridized carbons (Fsp3) is 0.824. The van der Waals surface area contributed by atoms with Crippen molar-refractivity contribution in [3.63, 3.8) is 0 Å². The molecule has 152 valence electrons. The molecule has 0 saturated carbocycles.